The number of rotatable bonds is 3. The van der Waals surface area contributed by atoms with Crippen LogP contribution in [0.3, 0.4) is 0 Å². The van der Waals surface area contributed by atoms with Crippen LogP contribution in [0.5, 0.6) is 0 Å². The van der Waals surface area contributed by atoms with E-state index in [1.807, 2.05) is 6.07 Å². The fourth-order valence-electron chi connectivity index (χ4n) is 2.79. The third-order valence-electron chi connectivity index (χ3n) is 3.83. The number of carbonyl (C=O) groups is 1. The van der Waals surface area contributed by atoms with Crippen LogP contribution in [0.2, 0.25) is 0 Å². The van der Waals surface area contributed by atoms with Crippen molar-refractivity contribution in [1.82, 2.24) is 5.32 Å². The van der Waals surface area contributed by atoms with Crippen molar-refractivity contribution in [3.05, 3.63) is 70.8 Å². The predicted molar refractivity (Wildman–Crippen MR) is 75.7 cm³/mol. The summed E-state index contributed by atoms with van der Waals surface area (Å²) in [5, 5.41) is 2.93. The Labute approximate surface area is 121 Å². The Hall–Kier alpha value is -2.23. The zero-order valence-corrected chi connectivity index (χ0v) is 11.4. The van der Waals surface area contributed by atoms with Crippen LogP contribution in [0.25, 0.3) is 0 Å². The largest absolute Gasteiger partial charge is 0.349 e. The molecule has 0 saturated heterocycles. The molecule has 1 aliphatic carbocycles. The highest BCUT2D eigenvalue weighted by molar-refractivity contribution is 5.79. The fraction of sp³-hybridized carbons (Fsp3) is 0.235. The summed E-state index contributed by atoms with van der Waals surface area (Å²) < 4.78 is 26.5. The molecular weight excluding hydrogens is 272 g/mol. The van der Waals surface area contributed by atoms with Crippen LogP contribution < -0.4 is 5.32 Å². The van der Waals surface area contributed by atoms with E-state index in [9.17, 15) is 13.6 Å². The molecule has 3 rings (SSSR count). The Morgan fingerprint density at radius 2 is 1.90 bits per heavy atom. The monoisotopic (exact) mass is 287 g/mol. The van der Waals surface area contributed by atoms with Crippen LogP contribution in [0.1, 0.15) is 29.2 Å². The number of halogens is 2. The highest BCUT2D eigenvalue weighted by Crippen LogP contribution is 2.32. The molecule has 1 aliphatic rings. The van der Waals surface area contributed by atoms with Crippen molar-refractivity contribution in [2.75, 3.05) is 0 Å². The maximum Gasteiger partial charge on any atom is 0.224 e. The molecule has 2 aromatic carbocycles. The van der Waals surface area contributed by atoms with Gasteiger partial charge in [-0.15, -0.1) is 0 Å². The third-order valence-corrected chi connectivity index (χ3v) is 3.83. The summed E-state index contributed by atoms with van der Waals surface area (Å²) in [6.45, 7) is 0. The Morgan fingerprint density at radius 3 is 2.67 bits per heavy atom. The van der Waals surface area contributed by atoms with E-state index in [0.717, 1.165) is 11.1 Å². The molecule has 1 amide bonds. The number of fused-ring (bicyclic) bond motifs is 1. The van der Waals surface area contributed by atoms with E-state index in [2.05, 4.69) is 5.32 Å². The molecule has 0 fully saturated rings. The van der Waals surface area contributed by atoms with Crippen LogP contribution in [-0.2, 0) is 17.6 Å². The lowest BCUT2D eigenvalue weighted by Crippen LogP contribution is -2.28. The van der Waals surface area contributed by atoms with Crippen LogP contribution in [-0.4, -0.2) is 5.91 Å². The summed E-state index contributed by atoms with van der Waals surface area (Å²) in [6.07, 6.45) is 1.55. The van der Waals surface area contributed by atoms with Gasteiger partial charge in [0.15, 0.2) is 0 Å². The van der Waals surface area contributed by atoms with Gasteiger partial charge in [0.2, 0.25) is 5.91 Å². The van der Waals surface area contributed by atoms with Gasteiger partial charge in [-0.2, -0.15) is 0 Å². The summed E-state index contributed by atoms with van der Waals surface area (Å²) in [6, 6.07) is 10.7. The zero-order valence-electron chi connectivity index (χ0n) is 11.4. The second-order valence-corrected chi connectivity index (χ2v) is 5.27. The summed E-state index contributed by atoms with van der Waals surface area (Å²) in [5.41, 5.74) is 2.32. The SMILES string of the molecule is O=C(Cc1ccc(F)cc1)NC1CCc2c(F)cccc21. The highest BCUT2D eigenvalue weighted by atomic mass is 19.1. The molecule has 0 spiro atoms. The number of hydrogen-bond acceptors (Lipinski definition) is 1. The van der Waals surface area contributed by atoms with Gasteiger partial charge in [-0.3, -0.25) is 4.79 Å². The first-order chi connectivity index (χ1) is 10.1. The Morgan fingerprint density at radius 1 is 1.14 bits per heavy atom. The molecule has 4 heteroatoms. The van der Waals surface area contributed by atoms with Gasteiger partial charge in [-0.25, -0.2) is 8.78 Å². The van der Waals surface area contributed by atoms with E-state index in [0.29, 0.717) is 18.4 Å². The molecule has 0 saturated carbocycles. The Kier molecular flexibility index (Phi) is 3.69. The van der Waals surface area contributed by atoms with Crippen molar-refractivity contribution in [2.45, 2.75) is 25.3 Å². The predicted octanol–water partition coefficient (Wildman–Crippen LogP) is 3.31. The molecule has 21 heavy (non-hydrogen) atoms. The second-order valence-electron chi connectivity index (χ2n) is 5.27. The summed E-state index contributed by atoms with van der Waals surface area (Å²) in [5.74, 6) is -0.661. The first kappa shape index (κ1) is 13.7. The molecule has 1 unspecified atom stereocenters. The topological polar surface area (TPSA) is 29.1 Å². The van der Waals surface area contributed by atoms with Gasteiger partial charge in [0.1, 0.15) is 11.6 Å². The first-order valence-electron chi connectivity index (χ1n) is 6.94. The van der Waals surface area contributed by atoms with Crippen molar-refractivity contribution in [3.8, 4) is 0 Å². The van der Waals surface area contributed by atoms with E-state index in [1.165, 1.54) is 18.2 Å². The molecule has 2 nitrogen and oxygen atoms in total. The molecule has 1 N–H and O–H groups in total. The minimum Gasteiger partial charge on any atom is -0.349 e. The Bertz CT molecular complexity index is 667. The third kappa shape index (κ3) is 2.94. The molecular formula is C17H15F2NO. The number of amides is 1. The van der Waals surface area contributed by atoms with Crippen molar-refractivity contribution in [3.63, 3.8) is 0 Å². The van der Waals surface area contributed by atoms with Gasteiger partial charge in [0, 0.05) is 0 Å². The minimum atomic E-state index is -0.320. The Balaban J connectivity index is 1.67. The van der Waals surface area contributed by atoms with Crippen LogP contribution in [0, 0.1) is 11.6 Å². The van der Waals surface area contributed by atoms with Crippen molar-refractivity contribution < 1.29 is 13.6 Å². The normalized spacial score (nSPS) is 16.6. The van der Waals surface area contributed by atoms with Gasteiger partial charge in [-0.1, -0.05) is 24.3 Å². The van der Waals surface area contributed by atoms with E-state index in [4.69, 9.17) is 0 Å². The smallest absolute Gasteiger partial charge is 0.224 e. The summed E-state index contributed by atoms with van der Waals surface area (Å²) >= 11 is 0. The number of carbonyl (C=O) groups excluding carboxylic acids is 1. The molecule has 0 aliphatic heterocycles. The highest BCUT2D eigenvalue weighted by Gasteiger charge is 2.25. The molecule has 0 radical (unpaired) electrons. The lowest BCUT2D eigenvalue weighted by Gasteiger charge is -2.14. The second kappa shape index (κ2) is 5.64. The van der Waals surface area contributed by atoms with Crippen molar-refractivity contribution in [1.29, 1.82) is 0 Å². The van der Waals surface area contributed by atoms with Gasteiger partial charge in [-0.05, 0) is 47.7 Å². The average molecular weight is 287 g/mol. The van der Waals surface area contributed by atoms with E-state index < -0.39 is 0 Å². The van der Waals surface area contributed by atoms with Gasteiger partial charge in [0.25, 0.3) is 0 Å². The average Bonchev–Trinajstić information content (AvgIpc) is 2.86. The molecule has 1 atom stereocenters. The lowest BCUT2D eigenvalue weighted by molar-refractivity contribution is -0.121. The zero-order chi connectivity index (χ0) is 14.8. The number of nitrogens with one attached hydrogen (secondary N) is 1. The van der Waals surface area contributed by atoms with E-state index >= 15 is 0 Å². The fourth-order valence-corrected chi connectivity index (χ4v) is 2.79. The first-order valence-corrected chi connectivity index (χ1v) is 6.94. The maximum absolute atomic E-state index is 13.6. The minimum absolute atomic E-state index is 0.135. The molecule has 0 heterocycles. The summed E-state index contributed by atoms with van der Waals surface area (Å²) in [4.78, 5) is 12.0. The van der Waals surface area contributed by atoms with Crippen molar-refractivity contribution >= 4 is 5.91 Å². The lowest BCUT2D eigenvalue weighted by atomic mass is 10.1. The van der Waals surface area contributed by atoms with Gasteiger partial charge < -0.3 is 5.32 Å². The van der Waals surface area contributed by atoms with E-state index in [-0.39, 0.29) is 30.0 Å². The van der Waals surface area contributed by atoms with Crippen LogP contribution in [0.15, 0.2) is 42.5 Å². The maximum atomic E-state index is 13.6. The quantitative estimate of drug-likeness (QED) is 0.922. The molecule has 0 aromatic heterocycles. The van der Waals surface area contributed by atoms with E-state index in [1.54, 1.807) is 18.2 Å². The summed E-state index contributed by atoms with van der Waals surface area (Å²) in [7, 11) is 0. The molecule has 2 aromatic rings. The number of hydrogen-bond donors (Lipinski definition) is 1. The van der Waals surface area contributed by atoms with Gasteiger partial charge in [0.05, 0.1) is 12.5 Å². The van der Waals surface area contributed by atoms with Gasteiger partial charge >= 0.3 is 0 Å². The van der Waals surface area contributed by atoms with Crippen molar-refractivity contribution in [2.24, 2.45) is 0 Å². The molecule has 0 bridgehead atoms. The molecule has 108 valence electrons. The number of benzene rings is 2. The van der Waals surface area contributed by atoms with Crippen LogP contribution in [0.4, 0.5) is 8.78 Å². The van der Waals surface area contributed by atoms with Crippen LogP contribution >= 0.6 is 0 Å². The standard InChI is InChI=1S/C17H15F2NO/c18-12-6-4-11(5-7-12)10-17(21)20-16-9-8-13-14(16)2-1-3-15(13)19/h1-7,16H,8-10H2,(H,20,21).